The molecule has 6 heteroatoms. The van der Waals surface area contributed by atoms with Gasteiger partial charge in [-0.3, -0.25) is 0 Å². The normalized spacial score (nSPS) is 11.8. The molecular formula is C14H15F3N2O. The first-order valence-corrected chi connectivity index (χ1v) is 6.28. The van der Waals surface area contributed by atoms with Crippen LogP contribution in [0.1, 0.15) is 18.4 Å². The van der Waals surface area contributed by atoms with Crippen LogP contribution in [-0.2, 0) is 6.54 Å². The topological polar surface area (TPSA) is 48.1 Å². The van der Waals surface area contributed by atoms with Crippen molar-refractivity contribution in [2.24, 2.45) is 5.73 Å². The van der Waals surface area contributed by atoms with E-state index >= 15 is 0 Å². The molecule has 0 atom stereocenters. The van der Waals surface area contributed by atoms with Crippen molar-refractivity contribution in [1.29, 1.82) is 0 Å². The molecule has 108 valence electrons. The van der Waals surface area contributed by atoms with Gasteiger partial charge in [0.25, 0.3) is 0 Å². The van der Waals surface area contributed by atoms with Crippen molar-refractivity contribution >= 4 is 10.9 Å². The Morgan fingerprint density at radius 2 is 1.95 bits per heavy atom. The molecule has 2 aromatic rings. The van der Waals surface area contributed by atoms with Crippen molar-refractivity contribution in [3.8, 4) is 5.88 Å². The third-order valence-electron chi connectivity index (χ3n) is 2.83. The Balaban J connectivity index is 2.08. The molecule has 1 heterocycles. The minimum absolute atomic E-state index is 0.0299. The highest BCUT2D eigenvalue weighted by Crippen LogP contribution is 2.24. The summed E-state index contributed by atoms with van der Waals surface area (Å²) in [7, 11) is 0. The maximum atomic E-state index is 12.0. The fraction of sp³-hybridized carbons (Fsp3) is 0.357. The summed E-state index contributed by atoms with van der Waals surface area (Å²) in [4.78, 5) is 4.30. The van der Waals surface area contributed by atoms with Crippen molar-refractivity contribution in [3.63, 3.8) is 0 Å². The van der Waals surface area contributed by atoms with Crippen LogP contribution in [-0.4, -0.2) is 17.8 Å². The number of fused-ring (bicyclic) bond motifs is 1. The highest BCUT2D eigenvalue weighted by Gasteiger charge is 2.26. The number of aromatic nitrogens is 1. The van der Waals surface area contributed by atoms with E-state index in [2.05, 4.69) is 4.98 Å². The zero-order valence-corrected chi connectivity index (χ0v) is 10.8. The average Bonchev–Trinajstić information content (AvgIpc) is 2.41. The summed E-state index contributed by atoms with van der Waals surface area (Å²) in [6, 6.07) is 9.29. The number of nitrogens with zero attached hydrogens (tertiary/aromatic N) is 1. The lowest BCUT2D eigenvalue weighted by molar-refractivity contribution is -0.136. The molecule has 0 radical (unpaired) electrons. The number of nitrogens with two attached hydrogens (primary N) is 1. The molecule has 0 fully saturated rings. The van der Waals surface area contributed by atoms with Crippen LogP contribution in [0, 0.1) is 0 Å². The zero-order chi connectivity index (χ0) is 14.6. The average molecular weight is 284 g/mol. The number of halogens is 3. The number of hydrogen-bond acceptors (Lipinski definition) is 3. The van der Waals surface area contributed by atoms with Crippen LogP contribution in [0.4, 0.5) is 13.2 Å². The van der Waals surface area contributed by atoms with E-state index in [1.54, 1.807) is 0 Å². The molecule has 2 N–H and O–H groups in total. The van der Waals surface area contributed by atoms with E-state index in [1.165, 1.54) is 0 Å². The van der Waals surface area contributed by atoms with Crippen LogP contribution in [0.5, 0.6) is 5.88 Å². The molecule has 2 rings (SSSR count). The van der Waals surface area contributed by atoms with Crippen molar-refractivity contribution in [3.05, 3.63) is 35.9 Å². The largest absolute Gasteiger partial charge is 0.477 e. The fourth-order valence-corrected chi connectivity index (χ4v) is 1.85. The van der Waals surface area contributed by atoms with Gasteiger partial charge in [-0.25, -0.2) is 4.98 Å². The van der Waals surface area contributed by atoms with E-state index in [0.29, 0.717) is 11.4 Å². The first-order chi connectivity index (χ1) is 9.49. The van der Waals surface area contributed by atoms with E-state index in [4.69, 9.17) is 10.5 Å². The molecule has 0 aliphatic carbocycles. The number of benzene rings is 1. The third kappa shape index (κ3) is 3.84. The van der Waals surface area contributed by atoms with Gasteiger partial charge in [-0.1, -0.05) is 18.2 Å². The van der Waals surface area contributed by atoms with Crippen molar-refractivity contribution in [1.82, 2.24) is 4.98 Å². The van der Waals surface area contributed by atoms with E-state index in [-0.39, 0.29) is 19.6 Å². The lowest BCUT2D eigenvalue weighted by atomic mass is 10.1. The molecule has 0 saturated carbocycles. The standard InChI is InChI=1S/C14H15F3N2O/c15-14(16,17)6-3-7-20-13-11(9-18)8-10-4-1-2-5-12(10)19-13/h1-2,4-5,8H,3,6-7,9,18H2. The number of para-hydroxylation sites is 1. The van der Waals surface area contributed by atoms with Crippen molar-refractivity contribution < 1.29 is 17.9 Å². The van der Waals surface area contributed by atoms with E-state index in [1.807, 2.05) is 30.3 Å². The smallest absolute Gasteiger partial charge is 0.389 e. The number of rotatable bonds is 5. The lowest BCUT2D eigenvalue weighted by Crippen LogP contribution is -2.11. The third-order valence-corrected chi connectivity index (χ3v) is 2.83. The maximum absolute atomic E-state index is 12.0. The Labute approximate surface area is 114 Å². The van der Waals surface area contributed by atoms with Gasteiger partial charge in [0, 0.05) is 23.9 Å². The lowest BCUT2D eigenvalue weighted by Gasteiger charge is -2.11. The second kappa shape index (κ2) is 6.09. The Bertz CT molecular complexity index is 584. The maximum Gasteiger partial charge on any atom is 0.389 e. The number of alkyl halides is 3. The summed E-state index contributed by atoms with van der Waals surface area (Å²) < 4.78 is 41.5. The molecule has 20 heavy (non-hydrogen) atoms. The Kier molecular flexibility index (Phi) is 4.44. The predicted molar refractivity (Wildman–Crippen MR) is 70.4 cm³/mol. The van der Waals surface area contributed by atoms with E-state index in [0.717, 1.165) is 10.9 Å². The summed E-state index contributed by atoms with van der Waals surface area (Å²) in [5.74, 6) is 0.313. The molecule has 0 spiro atoms. The fourth-order valence-electron chi connectivity index (χ4n) is 1.85. The summed E-state index contributed by atoms with van der Waals surface area (Å²) in [6.07, 6.45) is -5.11. The second-order valence-corrected chi connectivity index (χ2v) is 4.42. The monoisotopic (exact) mass is 284 g/mol. The molecule has 0 saturated heterocycles. The van der Waals surface area contributed by atoms with Gasteiger partial charge in [0.15, 0.2) is 0 Å². The Morgan fingerprint density at radius 3 is 2.65 bits per heavy atom. The summed E-state index contributed by atoms with van der Waals surface area (Å²) in [5, 5.41) is 0.926. The molecule has 1 aromatic heterocycles. The molecule has 0 amide bonds. The van der Waals surface area contributed by atoms with Gasteiger partial charge >= 0.3 is 6.18 Å². The Morgan fingerprint density at radius 1 is 1.20 bits per heavy atom. The summed E-state index contributed by atoms with van der Waals surface area (Å²) in [6.45, 7) is 0.199. The SMILES string of the molecule is NCc1cc2ccccc2nc1OCCCC(F)(F)F. The molecule has 0 unspecified atom stereocenters. The predicted octanol–water partition coefficient (Wildman–Crippen LogP) is 3.41. The quantitative estimate of drug-likeness (QED) is 0.856. The molecule has 0 aliphatic heterocycles. The highest BCUT2D eigenvalue weighted by atomic mass is 19.4. The van der Waals surface area contributed by atoms with Crippen molar-refractivity contribution in [2.45, 2.75) is 25.6 Å². The molecule has 3 nitrogen and oxygen atoms in total. The number of ether oxygens (including phenoxy) is 1. The summed E-state index contributed by atoms with van der Waals surface area (Å²) in [5.41, 5.74) is 7.04. The van der Waals surface area contributed by atoms with Gasteiger partial charge in [-0.15, -0.1) is 0 Å². The minimum Gasteiger partial charge on any atom is -0.477 e. The summed E-state index contributed by atoms with van der Waals surface area (Å²) >= 11 is 0. The molecule has 0 bridgehead atoms. The van der Waals surface area contributed by atoms with Gasteiger partial charge in [0.05, 0.1) is 12.1 Å². The van der Waals surface area contributed by atoms with Crippen LogP contribution in [0.3, 0.4) is 0 Å². The first-order valence-electron chi connectivity index (χ1n) is 6.28. The molecular weight excluding hydrogens is 269 g/mol. The molecule has 1 aromatic carbocycles. The minimum atomic E-state index is -4.16. The highest BCUT2D eigenvalue weighted by molar-refractivity contribution is 5.79. The van der Waals surface area contributed by atoms with Crippen molar-refractivity contribution in [2.75, 3.05) is 6.61 Å². The zero-order valence-electron chi connectivity index (χ0n) is 10.8. The van der Waals surface area contributed by atoms with E-state index < -0.39 is 12.6 Å². The number of hydrogen-bond donors (Lipinski definition) is 1. The van der Waals surface area contributed by atoms with Crippen LogP contribution in [0.2, 0.25) is 0 Å². The second-order valence-electron chi connectivity index (χ2n) is 4.42. The van der Waals surface area contributed by atoms with Gasteiger partial charge in [0.2, 0.25) is 5.88 Å². The Hall–Kier alpha value is -1.82. The number of pyridine rings is 1. The van der Waals surface area contributed by atoms with Gasteiger partial charge < -0.3 is 10.5 Å². The van der Waals surface area contributed by atoms with Gasteiger partial charge in [-0.2, -0.15) is 13.2 Å². The first kappa shape index (κ1) is 14.6. The van der Waals surface area contributed by atoms with Gasteiger partial charge in [0.1, 0.15) is 0 Å². The van der Waals surface area contributed by atoms with Crippen LogP contribution in [0.25, 0.3) is 10.9 Å². The van der Waals surface area contributed by atoms with E-state index in [9.17, 15) is 13.2 Å². The van der Waals surface area contributed by atoms with Crippen LogP contribution >= 0.6 is 0 Å². The van der Waals surface area contributed by atoms with Crippen LogP contribution in [0.15, 0.2) is 30.3 Å². The molecule has 0 aliphatic rings. The van der Waals surface area contributed by atoms with Gasteiger partial charge in [-0.05, 0) is 18.6 Å². The van der Waals surface area contributed by atoms with Crippen LogP contribution < -0.4 is 10.5 Å².